The van der Waals surface area contributed by atoms with Crippen LogP contribution in [-0.2, 0) is 16.1 Å². The number of carbonyl (C=O) groups is 1. The zero-order chi connectivity index (χ0) is 15.2. The van der Waals surface area contributed by atoms with Crippen LogP contribution in [0.4, 0.5) is 0 Å². The van der Waals surface area contributed by atoms with Crippen molar-refractivity contribution in [3.63, 3.8) is 0 Å². The van der Waals surface area contributed by atoms with Crippen LogP contribution in [0.15, 0.2) is 30.3 Å². The Kier molecular flexibility index (Phi) is 10.4. The SMILES string of the molecule is O=C(CCCCCCCCCCO)OCc1ccccc1. The molecule has 0 amide bonds. The molecule has 0 saturated heterocycles. The van der Waals surface area contributed by atoms with Gasteiger partial charge in [-0.2, -0.15) is 0 Å². The lowest BCUT2D eigenvalue weighted by atomic mass is 10.1. The summed E-state index contributed by atoms with van der Waals surface area (Å²) in [5, 5.41) is 8.66. The Bertz CT molecular complexity index is 362. The quantitative estimate of drug-likeness (QED) is 0.463. The lowest BCUT2D eigenvalue weighted by Gasteiger charge is -2.05. The largest absolute Gasteiger partial charge is 0.461 e. The van der Waals surface area contributed by atoms with Gasteiger partial charge in [-0.3, -0.25) is 4.79 Å². The van der Waals surface area contributed by atoms with Crippen LogP contribution in [0.1, 0.15) is 63.4 Å². The second kappa shape index (κ2) is 12.4. The van der Waals surface area contributed by atoms with Crippen LogP contribution in [0.3, 0.4) is 0 Å². The Hall–Kier alpha value is -1.35. The Labute approximate surface area is 128 Å². The van der Waals surface area contributed by atoms with Gasteiger partial charge in [0.15, 0.2) is 0 Å². The fourth-order valence-electron chi connectivity index (χ4n) is 2.25. The maximum absolute atomic E-state index is 11.6. The van der Waals surface area contributed by atoms with Gasteiger partial charge in [0, 0.05) is 13.0 Å². The van der Waals surface area contributed by atoms with Gasteiger partial charge in [-0.25, -0.2) is 0 Å². The average molecular weight is 292 g/mol. The predicted molar refractivity (Wildman–Crippen MR) is 84.9 cm³/mol. The Morgan fingerprint density at radius 3 is 2.05 bits per heavy atom. The molecule has 118 valence electrons. The third-order valence-corrected chi connectivity index (χ3v) is 3.53. The van der Waals surface area contributed by atoms with E-state index in [9.17, 15) is 4.79 Å². The minimum Gasteiger partial charge on any atom is -0.461 e. The van der Waals surface area contributed by atoms with E-state index in [0.717, 1.165) is 31.2 Å². The predicted octanol–water partition coefficient (Wildman–Crippen LogP) is 4.23. The minimum atomic E-state index is -0.0956. The molecule has 3 heteroatoms. The number of hydrogen-bond acceptors (Lipinski definition) is 3. The number of esters is 1. The molecule has 1 rings (SSSR count). The summed E-state index contributed by atoms with van der Waals surface area (Å²) >= 11 is 0. The van der Waals surface area contributed by atoms with Crippen molar-refractivity contribution in [2.45, 2.75) is 64.4 Å². The highest BCUT2D eigenvalue weighted by atomic mass is 16.5. The van der Waals surface area contributed by atoms with Crippen molar-refractivity contribution in [3.05, 3.63) is 35.9 Å². The molecule has 0 spiro atoms. The molecule has 0 heterocycles. The number of hydrogen-bond donors (Lipinski definition) is 1. The number of benzene rings is 1. The normalized spacial score (nSPS) is 10.5. The molecule has 0 aliphatic rings. The maximum atomic E-state index is 11.6. The molecule has 0 aliphatic heterocycles. The summed E-state index contributed by atoms with van der Waals surface area (Å²) in [6.07, 6.45) is 9.45. The number of ether oxygens (including phenoxy) is 1. The molecule has 1 aromatic rings. The molecule has 0 aliphatic carbocycles. The number of aliphatic hydroxyl groups excluding tert-OH is 1. The van der Waals surface area contributed by atoms with Crippen LogP contribution < -0.4 is 0 Å². The lowest BCUT2D eigenvalue weighted by molar-refractivity contribution is -0.145. The molecular formula is C18H28O3. The van der Waals surface area contributed by atoms with E-state index in [2.05, 4.69) is 0 Å². The van der Waals surface area contributed by atoms with E-state index in [1.165, 1.54) is 25.7 Å². The summed E-state index contributed by atoms with van der Waals surface area (Å²) in [7, 11) is 0. The number of rotatable bonds is 12. The van der Waals surface area contributed by atoms with Crippen LogP contribution in [-0.4, -0.2) is 17.7 Å². The van der Waals surface area contributed by atoms with Crippen molar-refractivity contribution >= 4 is 5.97 Å². The van der Waals surface area contributed by atoms with Crippen molar-refractivity contribution in [2.24, 2.45) is 0 Å². The standard InChI is InChI=1S/C18H28O3/c19-15-11-6-4-2-1-3-5-10-14-18(20)21-16-17-12-8-7-9-13-17/h7-9,12-13,19H,1-6,10-11,14-16H2. The van der Waals surface area contributed by atoms with Crippen molar-refractivity contribution in [3.8, 4) is 0 Å². The van der Waals surface area contributed by atoms with E-state index in [1.54, 1.807) is 0 Å². The molecule has 0 unspecified atom stereocenters. The topological polar surface area (TPSA) is 46.5 Å². The first-order chi connectivity index (χ1) is 10.3. The average Bonchev–Trinajstić information content (AvgIpc) is 2.52. The van der Waals surface area contributed by atoms with E-state index < -0.39 is 0 Å². The van der Waals surface area contributed by atoms with Crippen molar-refractivity contribution in [1.29, 1.82) is 0 Å². The third-order valence-electron chi connectivity index (χ3n) is 3.53. The van der Waals surface area contributed by atoms with Gasteiger partial charge in [0.25, 0.3) is 0 Å². The Morgan fingerprint density at radius 1 is 0.857 bits per heavy atom. The summed E-state index contributed by atoms with van der Waals surface area (Å²) in [5.41, 5.74) is 1.04. The van der Waals surface area contributed by atoms with Crippen LogP contribution in [0, 0.1) is 0 Å². The van der Waals surface area contributed by atoms with E-state index in [-0.39, 0.29) is 5.97 Å². The molecule has 0 aromatic heterocycles. The first-order valence-electron chi connectivity index (χ1n) is 8.13. The fraction of sp³-hybridized carbons (Fsp3) is 0.611. The van der Waals surface area contributed by atoms with Crippen LogP contribution >= 0.6 is 0 Å². The summed E-state index contributed by atoms with van der Waals surface area (Å²) in [5.74, 6) is -0.0956. The molecule has 0 atom stereocenters. The van der Waals surface area contributed by atoms with Gasteiger partial charge in [0.05, 0.1) is 0 Å². The van der Waals surface area contributed by atoms with Crippen molar-refractivity contribution in [2.75, 3.05) is 6.61 Å². The van der Waals surface area contributed by atoms with E-state index >= 15 is 0 Å². The highest BCUT2D eigenvalue weighted by Crippen LogP contribution is 2.10. The van der Waals surface area contributed by atoms with Gasteiger partial charge in [-0.15, -0.1) is 0 Å². The molecular weight excluding hydrogens is 264 g/mol. The number of unbranched alkanes of at least 4 members (excludes halogenated alkanes) is 7. The molecule has 1 aromatic carbocycles. The van der Waals surface area contributed by atoms with Gasteiger partial charge >= 0.3 is 5.97 Å². The minimum absolute atomic E-state index is 0.0956. The second-order valence-corrected chi connectivity index (χ2v) is 5.45. The Balaban J connectivity index is 1.89. The third kappa shape index (κ3) is 10.1. The van der Waals surface area contributed by atoms with Gasteiger partial charge in [-0.1, -0.05) is 68.9 Å². The first kappa shape index (κ1) is 17.7. The molecule has 3 nitrogen and oxygen atoms in total. The summed E-state index contributed by atoms with van der Waals surface area (Å²) in [4.78, 5) is 11.6. The summed E-state index contributed by atoms with van der Waals surface area (Å²) < 4.78 is 5.24. The lowest BCUT2D eigenvalue weighted by Crippen LogP contribution is -2.04. The Morgan fingerprint density at radius 2 is 1.43 bits per heavy atom. The molecule has 21 heavy (non-hydrogen) atoms. The zero-order valence-electron chi connectivity index (χ0n) is 12.9. The van der Waals surface area contributed by atoms with Crippen LogP contribution in [0.2, 0.25) is 0 Å². The number of aliphatic hydroxyl groups is 1. The zero-order valence-corrected chi connectivity index (χ0v) is 12.9. The monoisotopic (exact) mass is 292 g/mol. The van der Waals surface area contributed by atoms with Gasteiger partial charge < -0.3 is 9.84 Å². The highest BCUT2D eigenvalue weighted by Gasteiger charge is 2.03. The molecule has 0 saturated carbocycles. The van der Waals surface area contributed by atoms with Gasteiger partial charge in [-0.05, 0) is 18.4 Å². The van der Waals surface area contributed by atoms with Gasteiger partial charge in [0.2, 0.25) is 0 Å². The van der Waals surface area contributed by atoms with Crippen molar-refractivity contribution in [1.82, 2.24) is 0 Å². The van der Waals surface area contributed by atoms with Gasteiger partial charge in [0.1, 0.15) is 6.61 Å². The first-order valence-corrected chi connectivity index (χ1v) is 8.13. The smallest absolute Gasteiger partial charge is 0.306 e. The number of carbonyl (C=O) groups excluding carboxylic acids is 1. The molecule has 0 radical (unpaired) electrons. The van der Waals surface area contributed by atoms with E-state index in [1.807, 2.05) is 30.3 Å². The molecule has 0 bridgehead atoms. The highest BCUT2D eigenvalue weighted by molar-refractivity contribution is 5.69. The summed E-state index contributed by atoms with van der Waals surface area (Å²) in [6.45, 7) is 0.690. The van der Waals surface area contributed by atoms with Crippen molar-refractivity contribution < 1.29 is 14.6 Å². The van der Waals surface area contributed by atoms with E-state index in [0.29, 0.717) is 19.6 Å². The fourth-order valence-corrected chi connectivity index (χ4v) is 2.25. The van der Waals surface area contributed by atoms with Crippen LogP contribution in [0.25, 0.3) is 0 Å². The van der Waals surface area contributed by atoms with E-state index in [4.69, 9.17) is 9.84 Å². The molecule has 1 N–H and O–H groups in total. The second-order valence-electron chi connectivity index (χ2n) is 5.45. The van der Waals surface area contributed by atoms with Crippen LogP contribution in [0.5, 0.6) is 0 Å². The maximum Gasteiger partial charge on any atom is 0.306 e. The summed E-state index contributed by atoms with van der Waals surface area (Å²) in [6, 6.07) is 9.77. The molecule has 0 fully saturated rings.